The Hall–Kier alpha value is -1.26. The maximum atomic E-state index is 12.1. The minimum absolute atomic E-state index is 0.0540. The minimum Gasteiger partial charge on any atom is -0.393 e. The van der Waals surface area contributed by atoms with Gasteiger partial charge < -0.3 is 10.2 Å². The third-order valence-electron chi connectivity index (χ3n) is 5.40. The second-order valence-corrected chi connectivity index (χ2v) is 7.74. The highest BCUT2D eigenvalue weighted by atomic mass is 16.3. The number of carbonyl (C=O) groups is 2. The summed E-state index contributed by atoms with van der Waals surface area (Å²) in [6.45, 7) is 1.81. The molecule has 0 amide bonds. The predicted octanol–water partition coefficient (Wildman–Crippen LogP) is 4.54. The summed E-state index contributed by atoms with van der Waals surface area (Å²) in [6.07, 6.45) is 18.6. The van der Waals surface area contributed by atoms with Crippen molar-refractivity contribution < 1.29 is 19.8 Å². The van der Waals surface area contributed by atoms with Crippen molar-refractivity contribution in [2.45, 2.75) is 90.1 Å². The number of ketones is 2. The molecule has 4 heteroatoms. The van der Waals surface area contributed by atoms with Crippen molar-refractivity contribution in [1.82, 2.24) is 0 Å². The Morgan fingerprint density at radius 1 is 1.19 bits per heavy atom. The lowest BCUT2D eigenvalue weighted by molar-refractivity contribution is -0.122. The first-order chi connectivity index (χ1) is 13.1. The summed E-state index contributed by atoms with van der Waals surface area (Å²) in [5.41, 5.74) is 0. The zero-order valence-corrected chi connectivity index (χ0v) is 16.9. The molecule has 0 radical (unpaired) electrons. The van der Waals surface area contributed by atoms with E-state index in [0.29, 0.717) is 25.0 Å². The van der Waals surface area contributed by atoms with Gasteiger partial charge in [0.25, 0.3) is 0 Å². The quantitative estimate of drug-likeness (QED) is 0.324. The lowest BCUT2D eigenvalue weighted by Gasteiger charge is -2.13. The molecule has 0 spiro atoms. The van der Waals surface area contributed by atoms with Gasteiger partial charge in [-0.25, -0.2) is 0 Å². The number of rotatable bonds is 15. The van der Waals surface area contributed by atoms with Gasteiger partial charge in [-0.1, -0.05) is 56.9 Å². The number of aliphatic hydroxyl groups excluding tert-OH is 2. The highest BCUT2D eigenvalue weighted by molar-refractivity contribution is 5.83. The van der Waals surface area contributed by atoms with E-state index in [1.165, 1.54) is 19.3 Å². The normalized spacial score (nSPS) is 21.5. The highest BCUT2D eigenvalue weighted by Gasteiger charge is 2.31. The SMILES string of the molecule is CCCCCCC(O)CC=C[C@H]1CCC(=O)[C@@H]1CC=CCCCC(=O)CO. The number of carbonyl (C=O) groups excluding carboxylic acids is 2. The first-order valence-corrected chi connectivity index (χ1v) is 10.7. The highest BCUT2D eigenvalue weighted by Crippen LogP contribution is 2.33. The van der Waals surface area contributed by atoms with Crippen LogP contribution in [0.3, 0.4) is 0 Å². The Morgan fingerprint density at radius 3 is 2.74 bits per heavy atom. The van der Waals surface area contributed by atoms with Gasteiger partial charge in [-0.3, -0.25) is 9.59 Å². The van der Waals surface area contributed by atoms with Crippen LogP contribution >= 0.6 is 0 Å². The van der Waals surface area contributed by atoms with E-state index in [1.54, 1.807) is 0 Å². The van der Waals surface area contributed by atoms with Gasteiger partial charge in [0.2, 0.25) is 0 Å². The standard InChI is InChI=1S/C23H38O4/c1-2-3-4-7-12-20(25)14-10-11-19-16-17-23(27)22(19)15-9-6-5-8-13-21(26)18-24/h6,9-11,19-20,22,24-25H,2-5,7-8,12-18H2,1H3/t19-,20?,22+/m0/s1. The summed E-state index contributed by atoms with van der Waals surface area (Å²) in [6, 6.07) is 0. The third kappa shape index (κ3) is 10.6. The van der Waals surface area contributed by atoms with Crippen molar-refractivity contribution in [3.8, 4) is 0 Å². The molecule has 1 saturated carbocycles. The van der Waals surface area contributed by atoms with E-state index < -0.39 is 0 Å². The monoisotopic (exact) mass is 378 g/mol. The van der Waals surface area contributed by atoms with Crippen LogP contribution in [0.1, 0.15) is 84.0 Å². The molecule has 0 aromatic carbocycles. The largest absolute Gasteiger partial charge is 0.393 e. The van der Waals surface area contributed by atoms with Crippen molar-refractivity contribution in [2.75, 3.05) is 6.61 Å². The van der Waals surface area contributed by atoms with Crippen LogP contribution in [0.5, 0.6) is 0 Å². The first-order valence-electron chi connectivity index (χ1n) is 10.7. The molecule has 1 aliphatic carbocycles. The number of allylic oxidation sites excluding steroid dienone is 3. The molecule has 154 valence electrons. The summed E-state index contributed by atoms with van der Waals surface area (Å²) in [7, 11) is 0. The van der Waals surface area contributed by atoms with Gasteiger partial charge in [-0.2, -0.15) is 0 Å². The maximum absolute atomic E-state index is 12.1. The van der Waals surface area contributed by atoms with Crippen LogP contribution in [-0.4, -0.2) is 34.5 Å². The van der Waals surface area contributed by atoms with Crippen LogP contribution in [0.2, 0.25) is 0 Å². The summed E-state index contributed by atoms with van der Waals surface area (Å²) >= 11 is 0. The molecular weight excluding hydrogens is 340 g/mol. The molecule has 0 aromatic heterocycles. The second-order valence-electron chi connectivity index (χ2n) is 7.74. The smallest absolute Gasteiger partial charge is 0.158 e. The molecule has 1 rings (SSSR count). The van der Waals surface area contributed by atoms with Gasteiger partial charge in [-0.15, -0.1) is 0 Å². The molecule has 0 heterocycles. The van der Waals surface area contributed by atoms with Crippen LogP contribution in [0.4, 0.5) is 0 Å². The molecule has 3 atom stereocenters. The van der Waals surface area contributed by atoms with E-state index in [-0.39, 0.29) is 30.3 Å². The van der Waals surface area contributed by atoms with Crippen molar-refractivity contribution in [1.29, 1.82) is 0 Å². The number of hydrogen-bond acceptors (Lipinski definition) is 4. The molecular formula is C23H38O4. The average Bonchev–Trinajstić information content (AvgIpc) is 3.01. The summed E-state index contributed by atoms with van der Waals surface area (Å²) < 4.78 is 0. The van der Waals surface area contributed by atoms with Crippen LogP contribution in [0.25, 0.3) is 0 Å². The summed E-state index contributed by atoms with van der Waals surface area (Å²) in [5.74, 6) is 0.556. The van der Waals surface area contributed by atoms with E-state index in [0.717, 1.165) is 38.5 Å². The number of hydrogen-bond donors (Lipinski definition) is 2. The van der Waals surface area contributed by atoms with E-state index in [9.17, 15) is 14.7 Å². The Labute approximate surface area is 164 Å². The van der Waals surface area contributed by atoms with Crippen LogP contribution < -0.4 is 0 Å². The summed E-state index contributed by atoms with van der Waals surface area (Å²) in [5, 5.41) is 18.7. The zero-order valence-electron chi connectivity index (χ0n) is 16.9. The number of unbranched alkanes of at least 4 members (excludes halogenated alkanes) is 4. The minimum atomic E-state index is -0.373. The topological polar surface area (TPSA) is 74.6 Å². The van der Waals surface area contributed by atoms with Crippen LogP contribution in [-0.2, 0) is 9.59 Å². The maximum Gasteiger partial charge on any atom is 0.158 e. The van der Waals surface area contributed by atoms with Crippen LogP contribution in [0.15, 0.2) is 24.3 Å². The third-order valence-corrected chi connectivity index (χ3v) is 5.40. The van der Waals surface area contributed by atoms with Crippen molar-refractivity contribution in [2.24, 2.45) is 11.8 Å². The van der Waals surface area contributed by atoms with Gasteiger partial charge in [0.15, 0.2) is 5.78 Å². The lowest BCUT2D eigenvalue weighted by atomic mass is 9.91. The molecule has 2 N–H and O–H groups in total. The van der Waals surface area contributed by atoms with Crippen molar-refractivity contribution in [3.05, 3.63) is 24.3 Å². The van der Waals surface area contributed by atoms with Gasteiger partial charge >= 0.3 is 0 Å². The fourth-order valence-corrected chi connectivity index (χ4v) is 3.66. The first kappa shape index (κ1) is 23.8. The fraction of sp³-hybridized carbons (Fsp3) is 0.739. The van der Waals surface area contributed by atoms with Gasteiger partial charge in [-0.05, 0) is 44.4 Å². The molecule has 27 heavy (non-hydrogen) atoms. The van der Waals surface area contributed by atoms with Crippen LogP contribution in [0, 0.1) is 11.8 Å². The van der Waals surface area contributed by atoms with E-state index in [4.69, 9.17) is 5.11 Å². The Bertz CT molecular complexity index is 481. The number of aliphatic hydroxyl groups is 2. The molecule has 1 fully saturated rings. The van der Waals surface area contributed by atoms with Crippen molar-refractivity contribution >= 4 is 11.6 Å². The molecule has 0 aliphatic heterocycles. The van der Waals surface area contributed by atoms with Crippen molar-refractivity contribution in [3.63, 3.8) is 0 Å². The second kappa shape index (κ2) is 14.8. The number of Topliss-reactive ketones (excluding diaryl/α,β-unsaturated/α-hetero) is 2. The molecule has 0 bridgehead atoms. The van der Waals surface area contributed by atoms with Gasteiger partial charge in [0.1, 0.15) is 12.4 Å². The molecule has 0 aromatic rings. The van der Waals surface area contributed by atoms with E-state index in [1.807, 2.05) is 6.08 Å². The molecule has 4 nitrogen and oxygen atoms in total. The predicted molar refractivity (Wildman–Crippen MR) is 109 cm³/mol. The Kier molecular flexibility index (Phi) is 13.0. The lowest BCUT2D eigenvalue weighted by Crippen LogP contribution is -2.12. The summed E-state index contributed by atoms with van der Waals surface area (Å²) in [4.78, 5) is 23.2. The van der Waals surface area contributed by atoms with Gasteiger partial charge in [0, 0.05) is 18.8 Å². The van der Waals surface area contributed by atoms with E-state index in [2.05, 4.69) is 25.2 Å². The molecule has 1 unspecified atom stereocenters. The zero-order chi connectivity index (χ0) is 19.9. The van der Waals surface area contributed by atoms with E-state index >= 15 is 0 Å². The molecule has 0 saturated heterocycles. The average molecular weight is 379 g/mol. The fourth-order valence-electron chi connectivity index (χ4n) is 3.66. The Morgan fingerprint density at radius 2 is 2.00 bits per heavy atom. The molecule has 1 aliphatic rings. The Balaban J connectivity index is 2.29. The van der Waals surface area contributed by atoms with Gasteiger partial charge in [0.05, 0.1) is 6.10 Å².